The van der Waals surface area contributed by atoms with Gasteiger partial charge in [-0.3, -0.25) is 4.79 Å². The van der Waals surface area contributed by atoms with Crippen LogP contribution in [0.4, 0.5) is 4.39 Å². The number of hydrogen-bond donors (Lipinski definition) is 1. The average molecular weight is 467 g/mol. The molecule has 2 aromatic carbocycles. The summed E-state index contributed by atoms with van der Waals surface area (Å²) in [5.74, 6) is -1.37. The Balaban J connectivity index is 2.04. The molecule has 0 saturated carbocycles. The number of benzene rings is 2. The molecule has 7 nitrogen and oxygen atoms in total. The Morgan fingerprint density at radius 3 is 2.38 bits per heavy atom. The van der Waals surface area contributed by atoms with Crippen molar-refractivity contribution in [3.63, 3.8) is 0 Å². The summed E-state index contributed by atoms with van der Waals surface area (Å²) in [5.41, 5.74) is 1.90. The SMILES string of the molecule is CCOCCOCc1cccc(CNC(=O)c2ccc(F)c(S(=O)(=O)N(CC)CC)c2)c1. The quantitative estimate of drug-likeness (QED) is 0.458. The molecular weight excluding hydrogens is 435 g/mol. The van der Waals surface area contributed by atoms with Crippen molar-refractivity contribution in [2.75, 3.05) is 32.9 Å². The van der Waals surface area contributed by atoms with Crippen LogP contribution in [0.15, 0.2) is 47.4 Å². The topological polar surface area (TPSA) is 84.9 Å². The zero-order valence-electron chi connectivity index (χ0n) is 18.8. The number of carbonyl (C=O) groups is 1. The van der Waals surface area contributed by atoms with E-state index in [2.05, 4.69) is 5.32 Å². The molecule has 0 bridgehead atoms. The molecule has 2 aromatic rings. The van der Waals surface area contributed by atoms with Crippen LogP contribution in [0.3, 0.4) is 0 Å². The Bertz CT molecular complexity index is 994. The minimum atomic E-state index is -4.02. The average Bonchev–Trinajstić information content (AvgIpc) is 2.78. The number of hydrogen-bond acceptors (Lipinski definition) is 5. The molecule has 2 rings (SSSR count). The number of carbonyl (C=O) groups excluding carboxylic acids is 1. The normalized spacial score (nSPS) is 11.7. The predicted octanol–water partition coefficient (Wildman–Crippen LogP) is 3.34. The lowest BCUT2D eigenvalue weighted by atomic mass is 10.1. The van der Waals surface area contributed by atoms with Gasteiger partial charge in [-0.1, -0.05) is 38.1 Å². The summed E-state index contributed by atoms with van der Waals surface area (Å²) in [4.78, 5) is 12.1. The van der Waals surface area contributed by atoms with Gasteiger partial charge in [-0.25, -0.2) is 12.8 Å². The van der Waals surface area contributed by atoms with E-state index in [-0.39, 0.29) is 25.2 Å². The fraction of sp³-hybridized carbons (Fsp3) is 0.435. The van der Waals surface area contributed by atoms with Gasteiger partial charge < -0.3 is 14.8 Å². The van der Waals surface area contributed by atoms with E-state index in [0.717, 1.165) is 27.6 Å². The fourth-order valence-corrected chi connectivity index (χ4v) is 4.66. The van der Waals surface area contributed by atoms with E-state index >= 15 is 0 Å². The van der Waals surface area contributed by atoms with E-state index in [1.807, 2.05) is 31.2 Å². The third-order valence-corrected chi connectivity index (χ3v) is 6.87. The minimum Gasteiger partial charge on any atom is -0.379 e. The number of rotatable bonds is 13. The van der Waals surface area contributed by atoms with Crippen LogP contribution >= 0.6 is 0 Å². The first kappa shape index (κ1) is 25.9. The molecule has 0 heterocycles. The first-order chi connectivity index (χ1) is 15.3. The molecule has 0 fully saturated rings. The summed E-state index contributed by atoms with van der Waals surface area (Å²) in [7, 11) is -4.02. The van der Waals surface area contributed by atoms with E-state index < -0.39 is 26.6 Å². The number of sulfonamides is 1. The highest BCUT2D eigenvalue weighted by molar-refractivity contribution is 7.89. The maximum atomic E-state index is 14.3. The summed E-state index contributed by atoms with van der Waals surface area (Å²) in [5, 5.41) is 2.75. The number of amides is 1. The van der Waals surface area contributed by atoms with E-state index in [4.69, 9.17) is 9.47 Å². The number of halogens is 1. The van der Waals surface area contributed by atoms with Crippen LogP contribution in [0.5, 0.6) is 0 Å². The van der Waals surface area contributed by atoms with Crippen molar-refractivity contribution in [1.82, 2.24) is 9.62 Å². The van der Waals surface area contributed by atoms with Gasteiger partial charge in [0.15, 0.2) is 0 Å². The van der Waals surface area contributed by atoms with Crippen molar-refractivity contribution in [2.24, 2.45) is 0 Å². The Hall–Kier alpha value is -2.33. The Labute approximate surface area is 189 Å². The highest BCUT2D eigenvalue weighted by Gasteiger charge is 2.26. The molecule has 0 aliphatic heterocycles. The standard InChI is InChI=1S/C23H31FN2O5S/c1-4-26(5-2)32(28,29)22-15-20(10-11-21(22)24)23(27)25-16-18-8-7-9-19(14-18)17-31-13-12-30-6-3/h7-11,14-15H,4-6,12-13,16-17H2,1-3H3,(H,25,27). The van der Waals surface area contributed by atoms with Crippen LogP contribution in [-0.4, -0.2) is 51.5 Å². The molecule has 176 valence electrons. The third-order valence-electron chi connectivity index (χ3n) is 4.81. The second-order valence-corrected chi connectivity index (χ2v) is 8.89. The smallest absolute Gasteiger partial charge is 0.251 e. The summed E-state index contributed by atoms with van der Waals surface area (Å²) in [6, 6.07) is 10.9. The summed E-state index contributed by atoms with van der Waals surface area (Å²) >= 11 is 0. The molecule has 0 atom stereocenters. The predicted molar refractivity (Wildman–Crippen MR) is 120 cm³/mol. The second-order valence-electron chi connectivity index (χ2n) is 6.99. The highest BCUT2D eigenvalue weighted by Crippen LogP contribution is 2.21. The van der Waals surface area contributed by atoms with Crippen molar-refractivity contribution in [3.05, 3.63) is 65.0 Å². The van der Waals surface area contributed by atoms with E-state index in [1.54, 1.807) is 13.8 Å². The first-order valence-corrected chi connectivity index (χ1v) is 12.1. The van der Waals surface area contributed by atoms with E-state index in [1.165, 1.54) is 6.07 Å². The van der Waals surface area contributed by atoms with Gasteiger partial charge in [0.05, 0.1) is 19.8 Å². The van der Waals surface area contributed by atoms with Crippen molar-refractivity contribution >= 4 is 15.9 Å². The van der Waals surface area contributed by atoms with E-state index in [0.29, 0.717) is 26.4 Å². The van der Waals surface area contributed by atoms with Gasteiger partial charge in [-0.15, -0.1) is 0 Å². The second kappa shape index (κ2) is 12.6. The maximum absolute atomic E-state index is 14.3. The molecule has 0 aliphatic rings. The molecule has 0 unspecified atom stereocenters. The van der Waals surface area contributed by atoms with Gasteiger partial charge >= 0.3 is 0 Å². The lowest BCUT2D eigenvalue weighted by molar-refractivity contribution is 0.0453. The Morgan fingerprint density at radius 1 is 1.00 bits per heavy atom. The molecule has 9 heteroatoms. The molecule has 1 amide bonds. The fourth-order valence-electron chi connectivity index (χ4n) is 3.11. The molecule has 1 N–H and O–H groups in total. The number of nitrogens with one attached hydrogen (secondary N) is 1. The van der Waals surface area contributed by atoms with Crippen LogP contribution in [0.1, 0.15) is 42.3 Å². The lowest BCUT2D eigenvalue weighted by Crippen LogP contribution is -2.31. The molecule has 0 aromatic heterocycles. The zero-order chi connectivity index (χ0) is 23.6. The van der Waals surface area contributed by atoms with Crippen LogP contribution in [0, 0.1) is 5.82 Å². The Kier molecular flexibility index (Phi) is 10.2. The van der Waals surface area contributed by atoms with Gasteiger partial charge in [-0.05, 0) is 36.2 Å². The minimum absolute atomic E-state index is 0.0764. The van der Waals surface area contributed by atoms with Gasteiger partial charge in [0.2, 0.25) is 10.0 Å². The first-order valence-electron chi connectivity index (χ1n) is 10.6. The number of nitrogens with zero attached hydrogens (tertiary/aromatic N) is 1. The molecule has 0 saturated heterocycles. The molecule has 0 aliphatic carbocycles. The Morgan fingerprint density at radius 2 is 1.69 bits per heavy atom. The van der Waals surface area contributed by atoms with Crippen LogP contribution in [0.25, 0.3) is 0 Å². The summed E-state index contributed by atoms with van der Waals surface area (Å²) in [6.45, 7) is 8.04. The van der Waals surface area contributed by atoms with Crippen molar-refractivity contribution in [1.29, 1.82) is 0 Å². The van der Waals surface area contributed by atoms with Crippen molar-refractivity contribution < 1.29 is 27.1 Å². The van der Waals surface area contributed by atoms with E-state index in [9.17, 15) is 17.6 Å². The van der Waals surface area contributed by atoms with Gasteiger partial charge in [0, 0.05) is 31.8 Å². The summed E-state index contributed by atoms with van der Waals surface area (Å²) < 4.78 is 51.6. The molecule has 0 radical (unpaired) electrons. The van der Waals surface area contributed by atoms with Crippen LogP contribution < -0.4 is 5.32 Å². The monoisotopic (exact) mass is 466 g/mol. The third kappa shape index (κ3) is 7.09. The van der Waals surface area contributed by atoms with Crippen LogP contribution in [0.2, 0.25) is 0 Å². The maximum Gasteiger partial charge on any atom is 0.251 e. The van der Waals surface area contributed by atoms with Gasteiger partial charge in [0.25, 0.3) is 5.91 Å². The van der Waals surface area contributed by atoms with Gasteiger partial charge in [-0.2, -0.15) is 4.31 Å². The number of ether oxygens (including phenoxy) is 2. The lowest BCUT2D eigenvalue weighted by Gasteiger charge is -2.19. The molecular formula is C23H31FN2O5S. The van der Waals surface area contributed by atoms with Crippen molar-refractivity contribution in [3.8, 4) is 0 Å². The van der Waals surface area contributed by atoms with Crippen LogP contribution in [-0.2, 0) is 32.6 Å². The molecule has 0 spiro atoms. The summed E-state index contributed by atoms with van der Waals surface area (Å²) in [6.07, 6.45) is 0. The molecule has 32 heavy (non-hydrogen) atoms. The highest BCUT2D eigenvalue weighted by atomic mass is 32.2. The zero-order valence-corrected chi connectivity index (χ0v) is 19.6. The van der Waals surface area contributed by atoms with Crippen molar-refractivity contribution in [2.45, 2.75) is 38.8 Å². The van der Waals surface area contributed by atoms with Gasteiger partial charge in [0.1, 0.15) is 10.7 Å². The largest absolute Gasteiger partial charge is 0.379 e.